The molecule has 0 aromatic rings. The molecule has 1 N–H and O–H groups in total. The van der Waals surface area contributed by atoms with E-state index in [1.54, 1.807) is 0 Å². The van der Waals surface area contributed by atoms with E-state index in [0.29, 0.717) is 4.90 Å². The van der Waals surface area contributed by atoms with Crippen molar-refractivity contribution >= 4 is 17.8 Å². The molecule has 0 aromatic carbocycles. The van der Waals surface area contributed by atoms with Gasteiger partial charge in [-0.2, -0.15) is 0 Å². The molecule has 2 aliphatic heterocycles. The number of carbonyl (C=O) groups excluding carboxylic acids is 2. The van der Waals surface area contributed by atoms with Crippen molar-refractivity contribution in [1.29, 1.82) is 0 Å². The molecular weight excluding hydrogens is 218 g/mol. The van der Waals surface area contributed by atoms with Gasteiger partial charge in [0.15, 0.2) is 0 Å². The molecular formula is C9H7NO6. The average Bonchev–Trinajstić information content (AvgIpc) is 2.82. The molecule has 0 aliphatic carbocycles. The maximum atomic E-state index is 11.3. The molecule has 84 valence electrons. The highest BCUT2D eigenvalue weighted by Gasteiger charge is 2.44. The zero-order valence-electron chi connectivity index (χ0n) is 7.90. The summed E-state index contributed by atoms with van der Waals surface area (Å²) in [5.74, 6) is -2.77. The smallest absolute Gasteiger partial charge is 0.334 e. The van der Waals surface area contributed by atoms with Crippen LogP contribution < -0.4 is 0 Å². The summed E-state index contributed by atoms with van der Waals surface area (Å²) in [5, 5.41) is 8.97. The third-order valence-corrected chi connectivity index (χ3v) is 2.11. The molecule has 0 saturated heterocycles. The van der Waals surface area contributed by atoms with Crippen molar-refractivity contribution in [2.45, 2.75) is 12.3 Å². The third-order valence-electron chi connectivity index (χ3n) is 2.11. The number of carboxylic acid groups (broad SMARTS) is 1. The maximum absolute atomic E-state index is 11.3. The first-order valence-corrected chi connectivity index (χ1v) is 4.35. The zero-order chi connectivity index (χ0) is 11.7. The van der Waals surface area contributed by atoms with Gasteiger partial charge in [0.05, 0.1) is 0 Å². The Kier molecular flexibility index (Phi) is 2.35. The molecule has 7 nitrogen and oxygen atoms in total. The van der Waals surface area contributed by atoms with Gasteiger partial charge in [0.25, 0.3) is 18.1 Å². The minimum Gasteiger partial charge on any atom is -0.479 e. The summed E-state index contributed by atoms with van der Waals surface area (Å²) in [6.45, 7) is 0. The molecule has 1 atom stereocenters. The van der Waals surface area contributed by atoms with Gasteiger partial charge >= 0.3 is 5.97 Å². The van der Waals surface area contributed by atoms with Crippen LogP contribution in [0.2, 0.25) is 0 Å². The lowest BCUT2D eigenvalue weighted by Crippen LogP contribution is -2.52. The van der Waals surface area contributed by atoms with Gasteiger partial charge in [-0.3, -0.25) is 14.5 Å². The number of nitrogens with zero attached hydrogens (tertiary/aromatic N) is 1. The Hall–Kier alpha value is -2.31. The summed E-state index contributed by atoms with van der Waals surface area (Å²) in [5.41, 5.74) is 0. The number of carboxylic acids is 1. The molecule has 0 saturated carbocycles. The molecule has 2 heterocycles. The molecule has 2 amide bonds. The number of imide groups is 1. The van der Waals surface area contributed by atoms with Gasteiger partial charge in [-0.1, -0.05) is 0 Å². The molecule has 2 rings (SSSR count). The summed E-state index contributed by atoms with van der Waals surface area (Å²) >= 11 is 0. The van der Waals surface area contributed by atoms with Crippen LogP contribution in [-0.2, 0) is 23.9 Å². The standard InChI is InChI=1S/C9H7NO6/c11-5-1-2-6(12)10(5)7(8(13)14)9-15-3-4-16-9/h1-4,7,9H,(H,13,14). The molecule has 0 spiro atoms. The van der Waals surface area contributed by atoms with Crippen LogP contribution in [0.15, 0.2) is 24.7 Å². The second-order valence-electron chi connectivity index (χ2n) is 3.08. The van der Waals surface area contributed by atoms with Gasteiger partial charge in [0.1, 0.15) is 12.5 Å². The first-order valence-electron chi connectivity index (χ1n) is 4.35. The van der Waals surface area contributed by atoms with Crippen LogP contribution in [0.5, 0.6) is 0 Å². The second kappa shape index (κ2) is 3.69. The Morgan fingerprint density at radius 1 is 1.25 bits per heavy atom. The lowest BCUT2D eigenvalue weighted by atomic mass is 10.2. The fraction of sp³-hybridized carbons (Fsp3) is 0.222. The largest absolute Gasteiger partial charge is 0.479 e. The summed E-state index contributed by atoms with van der Waals surface area (Å²) in [6.07, 6.45) is 3.10. The lowest BCUT2D eigenvalue weighted by molar-refractivity contribution is -0.168. The van der Waals surface area contributed by atoms with E-state index in [4.69, 9.17) is 14.6 Å². The second-order valence-corrected chi connectivity index (χ2v) is 3.08. The number of rotatable bonds is 3. The number of hydrogen-bond acceptors (Lipinski definition) is 5. The summed E-state index contributed by atoms with van der Waals surface area (Å²) in [7, 11) is 0. The van der Waals surface area contributed by atoms with Crippen molar-refractivity contribution in [3.8, 4) is 0 Å². The third kappa shape index (κ3) is 1.52. The normalized spacial score (nSPS) is 21.1. The number of aliphatic carboxylic acids is 1. The average molecular weight is 225 g/mol. The van der Waals surface area contributed by atoms with Crippen molar-refractivity contribution in [2.24, 2.45) is 0 Å². The van der Waals surface area contributed by atoms with E-state index in [-0.39, 0.29) is 0 Å². The highest BCUT2D eigenvalue weighted by atomic mass is 16.7. The lowest BCUT2D eigenvalue weighted by Gasteiger charge is -2.25. The highest BCUT2D eigenvalue weighted by Crippen LogP contribution is 2.19. The highest BCUT2D eigenvalue weighted by molar-refractivity contribution is 6.14. The monoisotopic (exact) mass is 225 g/mol. The molecule has 16 heavy (non-hydrogen) atoms. The van der Waals surface area contributed by atoms with E-state index >= 15 is 0 Å². The first kappa shape index (κ1) is 10.2. The summed E-state index contributed by atoms with van der Waals surface area (Å²) in [4.78, 5) is 34.2. The van der Waals surface area contributed by atoms with Crippen molar-refractivity contribution in [1.82, 2.24) is 4.90 Å². The fourth-order valence-corrected chi connectivity index (χ4v) is 1.43. The molecule has 0 radical (unpaired) electrons. The van der Waals surface area contributed by atoms with Gasteiger partial charge < -0.3 is 14.6 Å². The molecule has 7 heteroatoms. The van der Waals surface area contributed by atoms with Crippen LogP contribution in [-0.4, -0.2) is 40.1 Å². The van der Waals surface area contributed by atoms with Gasteiger partial charge in [0, 0.05) is 12.2 Å². The fourth-order valence-electron chi connectivity index (χ4n) is 1.43. The van der Waals surface area contributed by atoms with Crippen LogP contribution in [0.3, 0.4) is 0 Å². The number of amides is 2. The number of ether oxygens (including phenoxy) is 2. The molecule has 2 aliphatic rings. The van der Waals surface area contributed by atoms with E-state index in [2.05, 4.69) is 0 Å². The van der Waals surface area contributed by atoms with Gasteiger partial charge in [-0.15, -0.1) is 0 Å². The Morgan fingerprint density at radius 3 is 2.19 bits per heavy atom. The Labute approximate surface area is 89.5 Å². The predicted molar refractivity (Wildman–Crippen MR) is 47.5 cm³/mol. The summed E-state index contributed by atoms with van der Waals surface area (Å²) < 4.78 is 9.66. The predicted octanol–water partition coefficient (Wildman–Crippen LogP) is -0.791. The van der Waals surface area contributed by atoms with Gasteiger partial charge in [-0.05, 0) is 0 Å². The number of hydrogen-bond donors (Lipinski definition) is 1. The Morgan fingerprint density at radius 2 is 1.75 bits per heavy atom. The topological polar surface area (TPSA) is 93.1 Å². The van der Waals surface area contributed by atoms with Crippen LogP contribution >= 0.6 is 0 Å². The van der Waals surface area contributed by atoms with Gasteiger partial charge in [0.2, 0.25) is 6.04 Å². The van der Waals surface area contributed by atoms with E-state index in [0.717, 1.165) is 24.7 Å². The quantitative estimate of drug-likeness (QED) is 0.632. The van der Waals surface area contributed by atoms with Crippen LogP contribution in [0, 0.1) is 0 Å². The van der Waals surface area contributed by atoms with E-state index in [1.807, 2.05) is 0 Å². The zero-order valence-corrected chi connectivity index (χ0v) is 7.90. The van der Waals surface area contributed by atoms with Crippen molar-refractivity contribution in [3.63, 3.8) is 0 Å². The Bertz CT molecular complexity index is 386. The first-order chi connectivity index (χ1) is 7.61. The molecule has 1 unspecified atom stereocenters. The van der Waals surface area contributed by atoms with Crippen molar-refractivity contribution < 1.29 is 29.0 Å². The van der Waals surface area contributed by atoms with E-state index < -0.39 is 30.1 Å². The van der Waals surface area contributed by atoms with Crippen LogP contribution in [0.25, 0.3) is 0 Å². The van der Waals surface area contributed by atoms with E-state index in [1.165, 1.54) is 0 Å². The molecule has 0 aromatic heterocycles. The van der Waals surface area contributed by atoms with Crippen molar-refractivity contribution in [2.75, 3.05) is 0 Å². The SMILES string of the molecule is O=C(O)C(C1OC=CO1)N1C(=O)C=CC1=O. The minimum atomic E-state index is -1.50. The van der Waals surface area contributed by atoms with Gasteiger partial charge in [-0.25, -0.2) is 4.79 Å². The van der Waals surface area contributed by atoms with E-state index in [9.17, 15) is 14.4 Å². The van der Waals surface area contributed by atoms with Crippen LogP contribution in [0.1, 0.15) is 0 Å². The molecule has 0 fully saturated rings. The Balaban J connectivity index is 2.23. The van der Waals surface area contributed by atoms with Crippen LogP contribution in [0.4, 0.5) is 0 Å². The number of carbonyl (C=O) groups is 3. The minimum absolute atomic E-state index is 0.583. The maximum Gasteiger partial charge on any atom is 0.334 e. The summed E-state index contributed by atoms with van der Waals surface area (Å²) in [6, 6.07) is -1.50. The van der Waals surface area contributed by atoms with Crippen molar-refractivity contribution in [3.05, 3.63) is 24.7 Å². The molecule has 0 bridgehead atoms.